The maximum Gasteiger partial charge on any atom is 0.262 e. The minimum atomic E-state index is -0.696. The highest BCUT2D eigenvalue weighted by Gasteiger charge is 2.23. The molecular weight excluding hydrogens is 434 g/mol. The van der Waals surface area contributed by atoms with E-state index in [4.69, 9.17) is 4.74 Å². The third-order valence-electron chi connectivity index (χ3n) is 5.60. The topological polar surface area (TPSA) is 83.2 Å². The third-order valence-corrected chi connectivity index (χ3v) is 6.46. The van der Waals surface area contributed by atoms with Crippen molar-refractivity contribution in [2.75, 3.05) is 13.7 Å². The molecule has 2 aromatic carbocycles. The van der Waals surface area contributed by atoms with Gasteiger partial charge in [0.1, 0.15) is 11.8 Å². The summed E-state index contributed by atoms with van der Waals surface area (Å²) in [6, 6.07) is 16.8. The maximum atomic E-state index is 13.2. The normalized spacial score (nSPS) is 11.8. The number of hydrogen-bond donors (Lipinski definition) is 3. The minimum absolute atomic E-state index is 0.211. The summed E-state index contributed by atoms with van der Waals surface area (Å²) >= 11 is 1.35. The van der Waals surface area contributed by atoms with Gasteiger partial charge in [0.2, 0.25) is 5.91 Å². The second kappa shape index (κ2) is 10.4. The Morgan fingerprint density at radius 3 is 2.73 bits per heavy atom. The Morgan fingerprint density at radius 2 is 1.94 bits per heavy atom. The molecule has 170 valence electrons. The van der Waals surface area contributed by atoms with Crippen molar-refractivity contribution in [2.24, 2.45) is 0 Å². The van der Waals surface area contributed by atoms with E-state index in [9.17, 15) is 9.59 Å². The number of carbonyl (C=O) groups excluding carboxylic acids is 2. The summed E-state index contributed by atoms with van der Waals surface area (Å²) in [7, 11) is 1.64. The van der Waals surface area contributed by atoms with Gasteiger partial charge in [-0.2, -0.15) is 0 Å². The molecule has 0 aliphatic heterocycles. The number of para-hydroxylation sites is 1. The molecule has 0 aliphatic carbocycles. The van der Waals surface area contributed by atoms with Gasteiger partial charge >= 0.3 is 0 Å². The Labute approximate surface area is 197 Å². The van der Waals surface area contributed by atoms with Crippen LogP contribution in [0, 0.1) is 6.92 Å². The van der Waals surface area contributed by atoms with Gasteiger partial charge < -0.3 is 20.4 Å². The molecule has 0 bridgehead atoms. The predicted molar refractivity (Wildman–Crippen MR) is 132 cm³/mol. The van der Waals surface area contributed by atoms with Crippen molar-refractivity contribution in [1.82, 2.24) is 15.6 Å². The molecule has 0 saturated carbocycles. The van der Waals surface area contributed by atoms with Crippen molar-refractivity contribution >= 4 is 34.1 Å². The van der Waals surface area contributed by atoms with Crippen molar-refractivity contribution in [3.05, 3.63) is 87.7 Å². The monoisotopic (exact) mass is 461 g/mol. The van der Waals surface area contributed by atoms with Crippen LogP contribution in [0.3, 0.4) is 0 Å². The highest BCUT2D eigenvalue weighted by molar-refractivity contribution is 7.12. The Kier molecular flexibility index (Phi) is 7.10. The number of thiophene rings is 1. The van der Waals surface area contributed by atoms with E-state index < -0.39 is 6.04 Å². The molecule has 0 unspecified atom stereocenters. The highest BCUT2D eigenvalue weighted by atomic mass is 32.1. The average Bonchev–Trinajstić information content (AvgIpc) is 3.49. The Hall–Kier alpha value is -3.58. The van der Waals surface area contributed by atoms with Crippen LogP contribution in [0.5, 0.6) is 5.75 Å². The van der Waals surface area contributed by atoms with Crippen molar-refractivity contribution in [3.8, 4) is 5.75 Å². The lowest BCUT2D eigenvalue weighted by Crippen LogP contribution is -2.48. The molecular formula is C26H27N3O3S. The van der Waals surface area contributed by atoms with Gasteiger partial charge in [0, 0.05) is 30.1 Å². The molecule has 2 aromatic heterocycles. The molecule has 4 rings (SSSR count). The number of carbonyl (C=O) groups is 2. The number of ether oxygens (including phenoxy) is 1. The van der Waals surface area contributed by atoms with E-state index in [0.717, 1.165) is 33.3 Å². The summed E-state index contributed by atoms with van der Waals surface area (Å²) < 4.78 is 5.44. The van der Waals surface area contributed by atoms with Gasteiger partial charge in [-0.3, -0.25) is 9.59 Å². The number of hydrogen-bond acceptors (Lipinski definition) is 4. The van der Waals surface area contributed by atoms with E-state index >= 15 is 0 Å². The fourth-order valence-electron chi connectivity index (χ4n) is 3.91. The van der Waals surface area contributed by atoms with Crippen LogP contribution in [0.1, 0.15) is 26.4 Å². The van der Waals surface area contributed by atoms with Gasteiger partial charge in [-0.15, -0.1) is 11.3 Å². The summed E-state index contributed by atoms with van der Waals surface area (Å²) in [5.41, 5.74) is 4.16. The number of methoxy groups -OCH3 is 1. The Morgan fingerprint density at radius 1 is 1.09 bits per heavy atom. The number of aromatic nitrogens is 1. The summed E-state index contributed by atoms with van der Waals surface area (Å²) in [4.78, 5) is 29.7. The number of H-pyrrole nitrogens is 1. The summed E-state index contributed by atoms with van der Waals surface area (Å²) in [6.07, 6.45) is 2.93. The molecule has 0 saturated heterocycles. The van der Waals surface area contributed by atoms with Crippen LogP contribution in [0.4, 0.5) is 0 Å². The molecule has 1 atom stereocenters. The fourth-order valence-corrected chi connectivity index (χ4v) is 4.54. The number of aromatic amines is 1. The standard InChI is InChI=1S/C26H27N3O3S/c1-17-9-10-23(32-2)18(14-17)11-12-27-25(30)22(29-26(31)24-8-5-13-33-24)15-19-16-28-21-7-4-3-6-20(19)21/h3-10,13-14,16,22,28H,11-12,15H2,1-2H3,(H,27,30)(H,29,31)/t22-/m0/s1. The first-order valence-corrected chi connectivity index (χ1v) is 11.7. The smallest absolute Gasteiger partial charge is 0.262 e. The van der Waals surface area contributed by atoms with Crippen LogP contribution < -0.4 is 15.4 Å². The molecule has 0 radical (unpaired) electrons. The molecule has 0 fully saturated rings. The van der Waals surface area contributed by atoms with E-state index in [0.29, 0.717) is 24.3 Å². The molecule has 2 amide bonds. The van der Waals surface area contributed by atoms with Crippen LogP contribution >= 0.6 is 11.3 Å². The van der Waals surface area contributed by atoms with Crippen LogP contribution in [0.25, 0.3) is 10.9 Å². The quantitative estimate of drug-likeness (QED) is 0.349. The highest BCUT2D eigenvalue weighted by Crippen LogP contribution is 2.21. The molecule has 6 nitrogen and oxygen atoms in total. The van der Waals surface area contributed by atoms with Gasteiger partial charge in [-0.05, 0) is 48.1 Å². The van der Waals surface area contributed by atoms with Crippen LogP contribution in [-0.4, -0.2) is 36.5 Å². The number of benzene rings is 2. The van der Waals surface area contributed by atoms with Crippen molar-refractivity contribution < 1.29 is 14.3 Å². The van der Waals surface area contributed by atoms with Crippen molar-refractivity contribution in [2.45, 2.75) is 25.8 Å². The fraction of sp³-hybridized carbons (Fsp3) is 0.231. The van der Waals surface area contributed by atoms with E-state index in [1.54, 1.807) is 13.2 Å². The molecule has 3 N–H and O–H groups in total. The zero-order valence-electron chi connectivity index (χ0n) is 18.7. The van der Waals surface area contributed by atoms with Gasteiger partial charge in [0.25, 0.3) is 5.91 Å². The lowest BCUT2D eigenvalue weighted by molar-refractivity contribution is -0.122. The average molecular weight is 462 g/mol. The molecule has 33 heavy (non-hydrogen) atoms. The molecule has 2 heterocycles. The second-order valence-electron chi connectivity index (χ2n) is 7.92. The molecule has 0 aliphatic rings. The van der Waals surface area contributed by atoms with Crippen LogP contribution in [-0.2, 0) is 17.6 Å². The van der Waals surface area contributed by atoms with Gasteiger partial charge in [0.05, 0.1) is 12.0 Å². The lowest BCUT2D eigenvalue weighted by Gasteiger charge is -2.18. The van der Waals surface area contributed by atoms with E-state index in [-0.39, 0.29) is 11.8 Å². The number of fused-ring (bicyclic) bond motifs is 1. The van der Waals surface area contributed by atoms with Crippen molar-refractivity contribution in [3.63, 3.8) is 0 Å². The summed E-state index contributed by atoms with van der Waals surface area (Å²) in [6.45, 7) is 2.47. The maximum absolute atomic E-state index is 13.2. The summed E-state index contributed by atoms with van der Waals surface area (Å²) in [5, 5.41) is 8.81. The first kappa shape index (κ1) is 22.6. The Bertz CT molecular complexity index is 1250. The zero-order chi connectivity index (χ0) is 23.2. The van der Waals surface area contributed by atoms with Crippen LogP contribution in [0.2, 0.25) is 0 Å². The van der Waals surface area contributed by atoms with Gasteiger partial charge in [-0.25, -0.2) is 0 Å². The first-order chi connectivity index (χ1) is 16.0. The zero-order valence-corrected chi connectivity index (χ0v) is 19.5. The van der Waals surface area contributed by atoms with Crippen LogP contribution in [0.15, 0.2) is 66.2 Å². The number of nitrogens with one attached hydrogen (secondary N) is 3. The summed E-state index contributed by atoms with van der Waals surface area (Å²) in [5.74, 6) is 0.346. The van der Waals surface area contributed by atoms with Gasteiger partial charge in [-0.1, -0.05) is 42.0 Å². The Balaban J connectivity index is 1.48. The van der Waals surface area contributed by atoms with Gasteiger partial charge in [0.15, 0.2) is 0 Å². The number of rotatable bonds is 9. The van der Waals surface area contributed by atoms with Crippen molar-refractivity contribution in [1.29, 1.82) is 0 Å². The third kappa shape index (κ3) is 5.43. The number of aryl methyl sites for hydroxylation is 1. The minimum Gasteiger partial charge on any atom is -0.496 e. The number of amides is 2. The van der Waals surface area contributed by atoms with E-state index in [1.807, 2.05) is 61.0 Å². The van der Waals surface area contributed by atoms with E-state index in [2.05, 4.69) is 21.7 Å². The first-order valence-electron chi connectivity index (χ1n) is 10.9. The predicted octanol–water partition coefficient (Wildman–Crippen LogP) is 4.25. The molecule has 0 spiro atoms. The molecule has 4 aromatic rings. The largest absolute Gasteiger partial charge is 0.496 e. The molecule has 7 heteroatoms. The lowest BCUT2D eigenvalue weighted by atomic mass is 10.0. The SMILES string of the molecule is COc1ccc(C)cc1CCNC(=O)[C@H](Cc1c[nH]c2ccccc12)NC(=O)c1cccs1. The second-order valence-corrected chi connectivity index (χ2v) is 8.87. The van der Waals surface area contributed by atoms with E-state index in [1.165, 1.54) is 11.3 Å².